The Balaban J connectivity index is 2.14. The monoisotopic (exact) mass is 219 g/mol. The van der Waals surface area contributed by atoms with Crippen molar-refractivity contribution in [3.63, 3.8) is 0 Å². The number of nitrogens with two attached hydrogens (primary N) is 1. The summed E-state index contributed by atoms with van der Waals surface area (Å²) in [7, 11) is 2.00. The molecule has 0 aliphatic heterocycles. The highest BCUT2D eigenvalue weighted by molar-refractivity contribution is 5.98. The van der Waals surface area contributed by atoms with Crippen molar-refractivity contribution >= 4 is 11.6 Å². The summed E-state index contributed by atoms with van der Waals surface area (Å²) in [6.45, 7) is 0.990. The second kappa shape index (κ2) is 4.51. The molecule has 1 heterocycles. The van der Waals surface area contributed by atoms with Crippen LogP contribution in [-0.2, 0) is 0 Å². The van der Waals surface area contributed by atoms with E-state index in [2.05, 4.69) is 9.88 Å². The van der Waals surface area contributed by atoms with E-state index < -0.39 is 5.91 Å². The van der Waals surface area contributed by atoms with Crippen LogP contribution in [0.2, 0.25) is 0 Å². The van der Waals surface area contributed by atoms with Gasteiger partial charge in [0, 0.05) is 26.0 Å². The Morgan fingerprint density at radius 2 is 2.38 bits per heavy atom. The van der Waals surface area contributed by atoms with Crippen LogP contribution in [0.5, 0.6) is 0 Å². The summed E-state index contributed by atoms with van der Waals surface area (Å²) in [6.07, 6.45) is 7.15. The minimum Gasteiger partial charge on any atom is -0.374 e. The molecule has 0 spiro atoms. The molecule has 16 heavy (non-hydrogen) atoms. The number of carbonyl (C=O) groups is 1. The van der Waals surface area contributed by atoms with E-state index in [4.69, 9.17) is 5.73 Å². The van der Waals surface area contributed by atoms with Gasteiger partial charge < -0.3 is 10.6 Å². The number of nitrogens with zero attached hydrogens (tertiary/aromatic N) is 2. The lowest BCUT2D eigenvalue weighted by Crippen LogP contribution is -2.31. The van der Waals surface area contributed by atoms with Crippen molar-refractivity contribution in [1.82, 2.24) is 4.98 Å². The molecule has 0 atom stereocenters. The van der Waals surface area contributed by atoms with Crippen LogP contribution in [0, 0.1) is 5.92 Å². The first-order valence-electron chi connectivity index (χ1n) is 5.63. The van der Waals surface area contributed by atoms with Gasteiger partial charge in [-0.2, -0.15) is 0 Å². The summed E-state index contributed by atoms with van der Waals surface area (Å²) in [5, 5.41) is 0. The Bertz CT molecular complexity index is 388. The molecule has 0 aromatic carbocycles. The molecule has 1 aliphatic carbocycles. The van der Waals surface area contributed by atoms with Crippen molar-refractivity contribution < 1.29 is 4.79 Å². The number of carbonyl (C=O) groups excluding carboxylic acids is 1. The van der Waals surface area contributed by atoms with Crippen LogP contribution in [0.4, 0.5) is 5.69 Å². The van der Waals surface area contributed by atoms with Crippen molar-refractivity contribution in [2.45, 2.75) is 19.3 Å². The average Bonchev–Trinajstić information content (AvgIpc) is 2.23. The SMILES string of the molecule is CN(CC1CCC1)c1ccncc1C(N)=O. The average molecular weight is 219 g/mol. The number of aromatic nitrogens is 1. The van der Waals surface area contributed by atoms with E-state index in [1.54, 1.807) is 6.20 Å². The minimum atomic E-state index is -0.413. The van der Waals surface area contributed by atoms with Crippen LogP contribution in [0.1, 0.15) is 29.6 Å². The molecular formula is C12H17N3O. The zero-order valence-corrected chi connectivity index (χ0v) is 9.52. The summed E-state index contributed by atoms with van der Waals surface area (Å²) < 4.78 is 0. The van der Waals surface area contributed by atoms with E-state index in [0.717, 1.165) is 18.2 Å². The molecule has 0 saturated heterocycles. The van der Waals surface area contributed by atoms with Gasteiger partial charge in [0.1, 0.15) is 0 Å². The lowest BCUT2D eigenvalue weighted by atomic mass is 9.85. The highest BCUT2D eigenvalue weighted by atomic mass is 16.1. The van der Waals surface area contributed by atoms with Crippen LogP contribution >= 0.6 is 0 Å². The highest BCUT2D eigenvalue weighted by Gasteiger charge is 2.21. The largest absolute Gasteiger partial charge is 0.374 e. The number of primary amides is 1. The standard InChI is InChI=1S/C12H17N3O/c1-15(8-9-3-2-4-9)11-5-6-14-7-10(11)12(13)16/h5-7,9H,2-4,8H2,1H3,(H2,13,16). The molecule has 2 N–H and O–H groups in total. The molecule has 1 aromatic rings. The normalized spacial score (nSPS) is 15.6. The van der Waals surface area contributed by atoms with Gasteiger partial charge in [-0.15, -0.1) is 0 Å². The smallest absolute Gasteiger partial charge is 0.252 e. The van der Waals surface area contributed by atoms with Gasteiger partial charge in [0.2, 0.25) is 0 Å². The maximum absolute atomic E-state index is 11.3. The fraction of sp³-hybridized carbons (Fsp3) is 0.500. The molecular weight excluding hydrogens is 202 g/mol. The third-order valence-corrected chi connectivity index (χ3v) is 3.23. The minimum absolute atomic E-state index is 0.413. The number of hydrogen-bond donors (Lipinski definition) is 1. The van der Waals surface area contributed by atoms with Crippen LogP contribution in [0.3, 0.4) is 0 Å². The zero-order valence-electron chi connectivity index (χ0n) is 9.52. The second-order valence-corrected chi connectivity index (χ2v) is 4.43. The van der Waals surface area contributed by atoms with Crippen LogP contribution < -0.4 is 10.6 Å². The van der Waals surface area contributed by atoms with Gasteiger partial charge in [0.05, 0.1) is 11.3 Å². The van der Waals surface area contributed by atoms with Gasteiger partial charge in [0.25, 0.3) is 5.91 Å². The van der Waals surface area contributed by atoms with Crippen LogP contribution in [0.25, 0.3) is 0 Å². The summed E-state index contributed by atoms with van der Waals surface area (Å²) in [6, 6.07) is 1.85. The molecule has 1 aliphatic rings. The van der Waals surface area contributed by atoms with E-state index in [0.29, 0.717) is 5.56 Å². The van der Waals surface area contributed by atoms with E-state index >= 15 is 0 Å². The van der Waals surface area contributed by atoms with Crippen LogP contribution in [-0.4, -0.2) is 24.5 Å². The zero-order chi connectivity index (χ0) is 11.5. The number of pyridine rings is 1. The molecule has 2 rings (SSSR count). The third-order valence-electron chi connectivity index (χ3n) is 3.23. The molecule has 1 aromatic heterocycles. The number of anilines is 1. The van der Waals surface area contributed by atoms with Crippen molar-refractivity contribution in [3.05, 3.63) is 24.0 Å². The second-order valence-electron chi connectivity index (χ2n) is 4.43. The quantitative estimate of drug-likeness (QED) is 0.833. The highest BCUT2D eigenvalue weighted by Crippen LogP contribution is 2.29. The molecule has 0 radical (unpaired) electrons. The maximum Gasteiger partial charge on any atom is 0.252 e. The fourth-order valence-corrected chi connectivity index (χ4v) is 2.07. The molecule has 1 fully saturated rings. The first kappa shape index (κ1) is 10.9. The predicted molar refractivity (Wildman–Crippen MR) is 63.4 cm³/mol. The first-order chi connectivity index (χ1) is 7.68. The summed E-state index contributed by atoms with van der Waals surface area (Å²) >= 11 is 0. The Labute approximate surface area is 95.5 Å². The van der Waals surface area contributed by atoms with Crippen molar-refractivity contribution in [3.8, 4) is 0 Å². The Morgan fingerprint density at radius 3 is 2.94 bits per heavy atom. The van der Waals surface area contributed by atoms with E-state index in [1.165, 1.54) is 25.5 Å². The van der Waals surface area contributed by atoms with Gasteiger partial charge in [-0.25, -0.2) is 0 Å². The third kappa shape index (κ3) is 2.15. The molecule has 1 saturated carbocycles. The van der Waals surface area contributed by atoms with Gasteiger partial charge in [0.15, 0.2) is 0 Å². The Hall–Kier alpha value is -1.58. The summed E-state index contributed by atoms with van der Waals surface area (Å²) in [5.74, 6) is 0.349. The molecule has 4 nitrogen and oxygen atoms in total. The molecule has 4 heteroatoms. The fourth-order valence-electron chi connectivity index (χ4n) is 2.07. The number of amides is 1. The Kier molecular flexibility index (Phi) is 3.08. The van der Waals surface area contributed by atoms with Crippen LogP contribution in [0.15, 0.2) is 18.5 Å². The Morgan fingerprint density at radius 1 is 1.62 bits per heavy atom. The topological polar surface area (TPSA) is 59.2 Å². The van der Waals surface area contributed by atoms with Crippen molar-refractivity contribution in [2.75, 3.05) is 18.5 Å². The van der Waals surface area contributed by atoms with Gasteiger partial charge in [-0.3, -0.25) is 9.78 Å². The molecule has 1 amide bonds. The molecule has 0 unspecified atom stereocenters. The van der Waals surface area contributed by atoms with Gasteiger partial charge >= 0.3 is 0 Å². The maximum atomic E-state index is 11.3. The lowest BCUT2D eigenvalue weighted by molar-refractivity contribution is 0.100. The summed E-state index contributed by atoms with van der Waals surface area (Å²) in [5.41, 5.74) is 6.71. The summed E-state index contributed by atoms with van der Waals surface area (Å²) in [4.78, 5) is 17.3. The lowest BCUT2D eigenvalue weighted by Gasteiger charge is -2.31. The number of rotatable bonds is 4. The predicted octanol–water partition coefficient (Wildman–Crippen LogP) is 1.42. The van der Waals surface area contributed by atoms with E-state index in [1.807, 2.05) is 13.1 Å². The van der Waals surface area contributed by atoms with Crippen molar-refractivity contribution in [2.24, 2.45) is 11.7 Å². The van der Waals surface area contributed by atoms with E-state index in [9.17, 15) is 4.79 Å². The first-order valence-corrected chi connectivity index (χ1v) is 5.63. The van der Waals surface area contributed by atoms with Gasteiger partial charge in [-0.05, 0) is 24.8 Å². The number of hydrogen-bond acceptors (Lipinski definition) is 3. The molecule has 86 valence electrons. The van der Waals surface area contributed by atoms with E-state index in [-0.39, 0.29) is 0 Å². The molecule has 0 bridgehead atoms. The van der Waals surface area contributed by atoms with Crippen molar-refractivity contribution in [1.29, 1.82) is 0 Å². The van der Waals surface area contributed by atoms with Gasteiger partial charge in [-0.1, -0.05) is 6.42 Å².